The lowest BCUT2D eigenvalue weighted by molar-refractivity contribution is 0.220. The lowest BCUT2D eigenvalue weighted by atomic mass is 10.1. The van der Waals surface area contributed by atoms with E-state index in [9.17, 15) is 4.55 Å². The van der Waals surface area contributed by atoms with Crippen molar-refractivity contribution in [1.82, 2.24) is 13.6 Å². The number of aromatic amines is 2. The minimum Gasteiger partial charge on any atom is -0.549 e. The predicted octanol–water partition coefficient (Wildman–Crippen LogP) is 3.13. The van der Waals surface area contributed by atoms with Crippen LogP contribution in [0.4, 0.5) is 0 Å². The maximum atomic E-state index is 11.6. The molecule has 29 heavy (non-hydrogen) atoms. The summed E-state index contributed by atoms with van der Waals surface area (Å²) < 4.78 is 23.2. The summed E-state index contributed by atoms with van der Waals surface area (Å²) in [5.41, 5.74) is 2.49. The second-order valence-corrected chi connectivity index (χ2v) is 8.42. The Kier molecular flexibility index (Phi) is 8.98. The lowest BCUT2D eigenvalue weighted by Gasteiger charge is -2.26. The highest BCUT2D eigenvalue weighted by Crippen LogP contribution is 2.17. The Balaban J connectivity index is 1.46. The molecule has 1 fully saturated rings. The Hall–Kier alpha value is -1.90. The normalized spacial score (nSPS) is 17.1. The fraction of sp³-hybridized carbons (Fsp3) is 0.619. The number of nitrogens with one attached hydrogen (secondary N) is 2. The number of likely N-dealkylation sites (tertiary alicyclic amines) is 1. The lowest BCUT2D eigenvalue weighted by Crippen LogP contribution is -2.29. The van der Waals surface area contributed by atoms with Gasteiger partial charge in [0.25, 0.3) is 0 Å². The second kappa shape index (κ2) is 11.9. The van der Waals surface area contributed by atoms with E-state index in [0.29, 0.717) is 30.7 Å². The molecule has 0 amide bonds. The van der Waals surface area contributed by atoms with E-state index in [1.54, 1.807) is 0 Å². The van der Waals surface area contributed by atoms with Gasteiger partial charge in [-0.2, -0.15) is 8.75 Å². The zero-order chi connectivity index (χ0) is 20.3. The maximum absolute atomic E-state index is 11.6. The summed E-state index contributed by atoms with van der Waals surface area (Å²) in [6.07, 6.45) is 6.85. The fourth-order valence-electron chi connectivity index (χ4n) is 3.42. The van der Waals surface area contributed by atoms with Gasteiger partial charge < -0.3 is 9.29 Å². The van der Waals surface area contributed by atoms with Crippen LogP contribution in [0, 0.1) is 0 Å². The molecule has 0 radical (unpaired) electrons. The first kappa shape index (κ1) is 21.8. The Bertz CT molecular complexity index is 864. The summed E-state index contributed by atoms with van der Waals surface area (Å²) in [6.45, 7) is 7.43. The van der Waals surface area contributed by atoms with E-state index in [1.807, 2.05) is 6.07 Å². The first-order valence-corrected chi connectivity index (χ1v) is 11.9. The number of hydrogen-bond donors (Lipinski definition) is 2. The van der Waals surface area contributed by atoms with Crippen LogP contribution in [0.15, 0.2) is 34.3 Å². The molecule has 1 unspecified atom stereocenters. The fourth-order valence-corrected chi connectivity index (χ4v) is 4.14. The van der Waals surface area contributed by atoms with Gasteiger partial charge in [0, 0.05) is 26.1 Å². The van der Waals surface area contributed by atoms with Crippen molar-refractivity contribution in [3.05, 3.63) is 40.8 Å². The van der Waals surface area contributed by atoms with Crippen molar-refractivity contribution in [3.8, 4) is 5.75 Å². The molecule has 0 aliphatic carbocycles. The molecular weight excluding hydrogens is 386 g/mol. The van der Waals surface area contributed by atoms with E-state index >= 15 is 0 Å². The zero-order valence-electron chi connectivity index (χ0n) is 17.4. The molecule has 0 spiro atoms. The number of benzene rings is 1. The SMILES string of the molecule is CCCCN=c1[nH][s+]([O-])[nH]c1=NCCCOc1cccc(CN2CCCCC2)c1. The van der Waals surface area contributed by atoms with Gasteiger partial charge in [-0.3, -0.25) is 14.9 Å². The molecule has 1 aromatic carbocycles. The topological polar surface area (TPSA) is 91.8 Å². The van der Waals surface area contributed by atoms with Gasteiger partial charge in [-0.05, 0) is 50.0 Å². The number of nitrogens with zero attached hydrogens (tertiary/aromatic N) is 3. The molecule has 8 heteroatoms. The van der Waals surface area contributed by atoms with Crippen molar-refractivity contribution in [2.75, 3.05) is 32.8 Å². The Morgan fingerprint density at radius 2 is 1.79 bits per heavy atom. The van der Waals surface area contributed by atoms with E-state index in [-0.39, 0.29) is 0 Å². The molecule has 2 heterocycles. The summed E-state index contributed by atoms with van der Waals surface area (Å²) in [6, 6.07) is 8.39. The van der Waals surface area contributed by atoms with Gasteiger partial charge in [0.05, 0.1) is 6.61 Å². The van der Waals surface area contributed by atoms with Gasteiger partial charge in [0.2, 0.25) is 11.0 Å². The molecule has 0 bridgehead atoms. The van der Waals surface area contributed by atoms with Gasteiger partial charge in [0.1, 0.15) is 16.9 Å². The minimum absolute atomic E-state index is 0.586. The van der Waals surface area contributed by atoms with Crippen LogP contribution in [0.1, 0.15) is 51.0 Å². The number of piperidine rings is 1. The highest BCUT2D eigenvalue weighted by molar-refractivity contribution is 7.13. The summed E-state index contributed by atoms with van der Waals surface area (Å²) in [4.78, 5) is 11.4. The molecular formula is C21H33N5O2S. The van der Waals surface area contributed by atoms with Crippen molar-refractivity contribution >= 4 is 11.1 Å². The van der Waals surface area contributed by atoms with Gasteiger partial charge in [-0.25, -0.2) is 0 Å². The van der Waals surface area contributed by atoms with Gasteiger partial charge in [-0.15, -0.1) is 0 Å². The van der Waals surface area contributed by atoms with E-state index in [0.717, 1.165) is 31.6 Å². The summed E-state index contributed by atoms with van der Waals surface area (Å²) in [5, 5.41) is 0. The van der Waals surface area contributed by atoms with Crippen molar-refractivity contribution in [2.45, 2.75) is 52.0 Å². The average Bonchev–Trinajstić information content (AvgIpc) is 3.08. The largest absolute Gasteiger partial charge is 0.549 e. The van der Waals surface area contributed by atoms with Gasteiger partial charge in [0.15, 0.2) is 0 Å². The third kappa shape index (κ3) is 7.45. The number of unbranched alkanes of at least 4 members (excludes halogenated alkanes) is 1. The molecule has 3 rings (SSSR count). The van der Waals surface area contributed by atoms with Gasteiger partial charge in [-0.1, -0.05) is 31.9 Å². The van der Waals surface area contributed by atoms with Crippen LogP contribution in [-0.4, -0.2) is 51.0 Å². The Labute approximate surface area is 175 Å². The summed E-state index contributed by atoms with van der Waals surface area (Å²) >= 11 is -1.33. The summed E-state index contributed by atoms with van der Waals surface area (Å²) in [5.74, 6) is 0.913. The Morgan fingerprint density at radius 1 is 1.07 bits per heavy atom. The molecule has 7 nitrogen and oxygen atoms in total. The van der Waals surface area contributed by atoms with Crippen molar-refractivity contribution in [3.63, 3.8) is 0 Å². The number of hydrogen-bond acceptors (Lipinski definition) is 5. The third-order valence-electron chi connectivity index (χ3n) is 4.98. The molecule has 160 valence electrons. The number of H-pyrrole nitrogens is 2. The van der Waals surface area contributed by atoms with E-state index in [2.05, 4.69) is 48.8 Å². The average molecular weight is 420 g/mol. The maximum Gasteiger partial charge on any atom is 0.219 e. The molecule has 1 aromatic heterocycles. The number of aromatic nitrogens is 2. The quantitative estimate of drug-likeness (QED) is 0.458. The molecule has 1 atom stereocenters. The van der Waals surface area contributed by atoms with E-state index in [1.165, 1.54) is 37.9 Å². The monoisotopic (exact) mass is 419 g/mol. The van der Waals surface area contributed by atoms with E-state index in [4.69, 9.17) is 4.74 Å². The zero-order valence-corrected chi connectivity index (χ0v) is 18.2. The van der Waals surface area contributed by atoms with Crippen LogP contribution in [0.5, 0.6) is 5.75 Å². The second-order valence-electron chi connectivity index (χ2n) is 7.47. The highest BCUT2D eigenvalue weighted by Gasteiger charge is 2.10. The van der Waals surface area contributed by atoms with Crippen molar-refractivity contribution < 1.29 is 9.29 Å². The molecule has 1 aliphatic heterocycles. The first-order valence-electron chi connectivity index (χ1n) is 10.7. The molecule has 0 saturated carbocycles. The standard InChI is InChI=1S/C21H33N5O2S/c1-2-3-11-22-20-21(25-29(27)24-20)23-12-8-15-28-19-10-7-9-18(16-19)17-26-13-5-4-6-14-26/h7,9-10,16H,2-6,8,11-15,17H2,1H3,(H,22,24)(H,23,25). The van der Waals surface area contributed by atoms with Crippen LogP contribution < -0.4 is 15.7 Å². The van der Waals surface area contributed by atoms with Crippen LogP contribution in [-0.2, 0) is 6.54 Å². The molecule has 1 aliphatic rings. The van der Waals surface area contributed by atoms with Crippen LogP contribution in [0.2, 0.25) is 0 Å². The van der Waals surface area contributed by atoms with Crippen molar-refractivity contribution in [2.24, 2.45) is 9.98 Å². The smallest absolute Gasteiger partial charge is 0.219 e. The highest BCUT2D eigenvalue weighted by atomic mass is 32.2. The molecule has 1 saturated heterocycles. The molecule has 2 N–H and O–H groups in total. The van der Waals surface area contributed by atoms with Crippen molar-refractivity contribution in [1.29, 1.82) is 0 Å². The minimum atomic E-state index is -1.33. The summed E-state index contributed by atoms with van der Waals surface area (Å²) in [7, 11) is 0. The van der Waals surface area contributed by atoms with Crippen LogP contribution in [0.3, 0.4) is 0 Å². The van der Waals surface area contributed by atoms with Crippen LogP contribution in [0.25, 0.3) is 0 Å². The first-order chi connectivity index (χ1) is 14.2. The van der Waals surface area contributed by atoms with Gasteiger partial charge >= 0.3 is 0 Å². The van der Waals surface area contributed by atoms with Crippen LogP contribution >= 0.6 is 11.1 Å². The molecule has 2 aromatic rings. The Morgan fingerprint density at radius 3 is 2.52 bits per heavy atom. The number of rotatable bonds is 10. The number of ether oxygens (including phenoxy) is 1. The predicted molar refractivity (Wildman–Crippen MR) is 115 cm³/mol. The third-order valence-corrected chi connectivity index (χ3v) is 5.74. The van der Waals surface area contributed by atoms with E-state index < -0.39 is 11.1 Å².